The van der Waals surface area contributed by atoms with Crippen molar-refractivity contribution in [3.8, 4) is 11.5 Å². The Labute approximate surface area is 116 Å². The predicted molar refractivity (Wildman–Crippen MR) is 75.1 cm³/mol. The predicted octanol–water partition coefficient (Wildman–Crippen LogP) is 2.55. The van der Waals surface area contributed by atoms with E-state index in [9.17, 15) is 4.79 Å². The van der Waals surface area contributed by atoms with Gasteiger partial charge in [0, 0.05) is 6.07 Å². The van der Waals surface area contributed by atoms with E-state index < -0.39 is 5.97 Å². The van der Waals surface area contributed by atoms with Gasteiger partial charge in [-0.25, -0.2) is 4.79 Å². The summed E-state index contributed by atoms with van der Waals surface area (Å²) < 4.78 is 10.7. The first-order chi connectivity index (χ1) is 9.60. The molecule has 2 aromatic rings. The van der Waals surface area contributed by atoms with Crippen molar-refractivity contribution in [2.45, 2.75) is 6.61 Å². The lowest BCUT2D eigenvalue weighted by Crippen LogP contribution is -1.99. The van der Waals surface area contributed by atoms with Gasteiger partial charge in [0.2, 0.25) is 0 Å². The second kappa shape index (κ2) is 5.97. The summed E-state index contributed by atoms with van der Waals surface area (Å²) in [6.45, 7) is 0.339. The minimum atomic E-state index is -0.944. The Balaban J connectivity index is 2.01. The Morgan fingerprint density at radius 1 is 1.20 bits per heavy atom. The molecule has 0 heterocycles. The fourth-order valence-electron chi connectivity index (χ4n) is 1.71. The van der Waals surface area contributed by atoms with Crippen LogP contribution in [0.2, 0.25) is 0 Å². The highest BCUT2D eigenvalue weighted by molar-refractivity contribution is 5.87. The van der Waals surface area contributed by atoms with Crippen LogP contribution in [-0.4, -0.2) is 18.2 Å². The molecular weight excluding hydrogens is 258 g/mol. The van der Waals surface area contributed by atoms with Crippen molar-refractivity contribution < 1.29 is 19.4 Å². The highest BCUT2D eigenvalue weighted by Crippen LogP contribution is 2.26. The van der Waals surface area contributed by atoms with Crippen LogP contribution in [0.4, 0.5) is 5.69 Å². The van der Waals surface area contributed by atoms with Gasteiger partial charge in [0.05, 0.1) is 18.4 Å². The summed E-state index contributed by atoms with van der Waals surface area (Å²) in [6.07, 6.45) is 0. The van der Waals surface area contributed by atoms with Gasteiger partial charge >= 0.3 is 5.97 Å². The number of hydrogen-bond donors (Lipinski definition) is 2. The van der Waals surface area contributed by atoms with E-state index in [0.29, 0.717) is 23.8 Å². The number of anilines is 1. The molecule has 5 nitrogen and oxygen atoms in total. The molecule has 5 heteroatoms. The van der Waals surface area contributed by atoms with E-state index >= 15 is 0 Å². The number of hydrogen-bond acceptors (Lipinski definition) is 4. The molecule has 0 aliphatic rings. The van der Waals surface area contributed by atoms with Gasteiger partial charge in [-0.15, -0.1) is 0 Å². The Bertz CT molecular complexity index is 608. The third-order valence-electron chi connectivity index (χ3n) is 2.81. The molecule has 0 fully saturated rings. The second-order valence-electron chi connectivity index (χ2n) is 4.19. The molecule has 0 bridgehead atoms. The molecule has 104 valence electrons. The van der Waals surface area contributed by atoms with Crippen molar-refractivity contribution in [1.82, 2.24) is 0 Å². The Morgan fingerprint density at radius 2 is 1.90 bits per heavy atom. The highest BCUT2D eigenvalue weighted by atomic mass is 16.5. The van der Waals surface area contributed by atoms with Crippen molar-refractivity contribution in [1.29, 1.82) is 0 Å². The number of nitrogens with two attached hydrogens (primary N) is 1. The standard InChI is InChI=1S/C15H15NO4/c1-19-14-7-6-12(8-13(14)16)20-9-10-2-4-11(5-3-10)15(17)18/h2-8H,9,16H2,1H3,(H,17,18). The van der Waals surface area contributed by atoms with Gasteiger partial charge in [-0.1, -0.05) is 12.1 Å². The van der Waals surface area contributed by atoms with E-state index in [1.807, 2.05) is 0 Å². The number of carboxylic acid groups (broad SMARTS) is 1. The maximum Gasteiger partial charge on any atom is 0.335 e. The van der Waals surface area contributed by atoms with Gasteiger partial charge in [-0.2, -0.15) is 0 Å². The van der Waals surface area contributed by atoms with Gasteiger partial charge in [-0.3, -0.25) is 0 Å². The zero-order chi connectivity index (χ0) is 14.5. The van der Waals surface area contributed by atoms with E-state index in [4.69, 9.17) is 20.3 Å². The van der Waals surface area contributed by atoms with Crippen LogP contribution in [-0.2, 0) is 6.61 Å². The second-order valence-corrected chi connectivity index (χ2v) is 4.19. The molecule has 0 aromatic heterocycles. The number of ether oxygens (including phenoxy) is 2. The molecule has 0 radical (unpaired) electrons. The van der Waals surface area contributed by atoms with Crippen LogP contribution >= 0.6 is 0 Å². The zero-order valence-electron chi connectivity index (χ0n) is 11.0. The van der Waals surface area contributed by atoms with E-state index in [1.165, 1.54) is 0 Å². The lowest BCUT2D eigenvalue weighted by Gasteiger charge is -2.09. The maximum absolute atomic E-state index is 10.7. The summed E-state index contributed by atoms with van der Waals surface area (Å²) in [7, 11) is 1.55. The van der Waals surface area contributed by atoms with Gasteiger partial charge in [0.25, 0.3) is 0 Å². The molecule has 3 N–H and O–H groups in total. The fourth-order valence-corrected chi connectivity index (χ4v) is 1.71. The topological polar surface area (TPSA) is 81.8 Å². The molecule has 0 amide bonds. The van der Waals surface area contributed by atoms with Gasteiger partial charge in [0.1, 0.15) is 18.1 Å². The van der Waals surface area contributed by atoms with Gasteiger partial charge < -0.3 is 20.3 Å². The molecular formula is C15H15NO4. The summed E-state index contributed by atoms with van der Waals surface area (Å²) in [4.78, 5) is 10.7. The molecule has 0 unspecified atom stereocenters. The van der Waals surface area contributed by atoms with E-state index in [1.54, 1.807) is 49.6 Å². The molecule has 2 aromatic carbocycles. The monoisotopic (exact) mass is 273 g/mol. The smallest absolute Gasteiger partial charge is 0.335 e. The quantitative estimate of drug-likeness (QED) is 0.818. The van der Waals surface area contributed by atoms with Crippen LogP contribution in [0.3, 0.4) is 0 Å². The van der Waals surface area contributed by atoms with Crippen molar-refractivity contribution >= 4 is 11.7 Å². The molecule has 0 atom stereocenters. The number of benzene rings is 2. The molecule has 0 saturated heterocycles. The fraction of sp³-hybridized carbons (Fsp3) is 0.133. The van der Waals surface area contributed by atoms with Crippen molar-refractivity contribution in [3.63, 3.8) is 0 Å². The number of nitrogen functional groups attached to an aromatic ring is 1. The number of aromatic carboxylic acids is 1. The van der Waals surface area contributed by atoms with Crippen LogP contribution in [0.5, 0.6) is 11.5 Å². The lowest BCUT2D eigenvalue weighted by atomic mass is 10.1. The largest absolute Gasteiger partial charge is 0.495 e. The molecule has 20 heavy (non-hydrogen) atoms. The summed E-state index contributed by atoms with van der Waals surface area (Å²) in [5.41, 5.74) is 7.42. The minimum Gasteiger partial charge on any atom is -0.495 e. The average Bonchev–Trinajstić information content (AvgIpc) is 2.45. The third kappa shape index (κ3) is 3.20. The van der Waals surface area contributed by atoms with E-state index in [0.717, 1.165) is 5.56 Å². The normalized spacial score (nSPS) is 10.1. The minimum absolute atomic E-state index is 0.252. The average molecular weight is 273 g/mol. The van der Waals surface area contributed by atoms with Gasteiger partial charge in [0.15, 0.2) is 0 Å². The van der Waals surface area contributed by atoms with Crippen molar-refractivity contribution in [3.05, 3.63) is 53.6 Å². The summed E-state index contributed by atoms with van der Waals surface area (Å²) >= 11 is 0. The first-order valence-corrected chi connectivity index (χ1v) is 5.98. The Hall–Kier alpha value is -2.69. The molecule has 2 rings (SSSR count). The zero-order valence-corrected chi connectivity index (χ0v) is 11.0. The molecule has 0 aliphatic carbocycles. The number of carboxylic acids is 1. The number of rotatable bonds is 5. The lowest BCUT2D eigenvalue weighted by molar-refractivity contribution is 0.0697. The van der Waals surface area contributed by atoms with Crippen LogP contribution in [0.1, 0.15) is 15.9 Å². The SMILES string of the molecule is COc1ccc(OCc2ccc(C(=O)O)cc2)cc1N. The Morgan fingerprint density at radius 3 is 2.45 bits per heavy atom. The van der Waals surface area contributed by atoms with Crippen LogP contribution < -0.4 is 15.2 Å². The first-order valence-electron chi connectivity index (χ1n) is 5.98. The van der Waals surface area contributed by atoms with Gasteiger partial charge in [-0.05, 0) is 29.8 Å². The highest BCUT2D eigenvalue weighted by Gasteiger charge is 2.04. The van der Waals surface area contributed by atoms with Crippen LogP contribution in [0.25, 0.3) is 0 Å². The Kier molecular flexibility index (Phi) is 4.10. The van der Waals surface area contributed by atoms with E-state index in [-0.39, 0.29) is 5.56 Å². The maximum atomic E-state index is 10.7. The van der Waals surface area contributed by atoms with E-state index in [2.05, 4.69) is 0 Å². The summed E-state index contributed by atoms with van der Waals surface area (Å²) in [5.74, 6) is 0.286. The first kappa shape index (κ1) is 13.7. The number of methoxy groups -OCH3 is 1. The van der Waals surface area contributed by atoms with Crippen LogP contribution in [0.15, 0.2) is 42.5 Å². The van der Waals surface area contributed by atoms with Crippen molar-refractivity contribution in [2.24, 2.45) is 0 Å². The van der Waals surface area contributed by atoms with Crippen molar-refractivity contribution in [2.75, 3.05) is 12.8 Å². The molecule has 0 saturated carbocycles. The summed E-state index contributed by atoms with van der Waals surface area (Å²) in [5, 5.41) is 8.81. The third-order valence-corrected chi connectivity index (χ3v) is 2.81. The molecule has 0 aliphatic heterocycles. The molecule has 0 spiro atoms. The van der Waals surface area contributed by atoms with Crippen LogP contribution in [0, 0.1) is 0 Å². The summed E-state index contributed by atoms with van der Waals surface area (Å²) in [6, 6.07) is 11.7. The number of carbonyl (C=O) groups is 1.